The Labute approximate surface area is 102 Å². The molecule has 0 aliphatic carbocycles. The zero-order valence-electron chi connectivity index (χ0n) is 10.4. The van der Waals surface area contributed by atoms with Crippen molar-refractivity contribution >= 4 is 0 Å². The van der Waals surface area contributed by atoms with Gasteiger partial charge in [-0.25, -0.2) is 0 Å². The first kappa shape index (κ1) is 11.9. The monoisotopic (exact) mass is 229 g/mol. The summed E-state index contributed by atoms with van der Waals surface area (Å²) in [5, 5.41) is 4.37. The van der Waals surface area contributed by atoms with E-state index < -0.39 is 0 Å². The Kier molecular flexibility index (Phi) is 3.59. The molecule has 0 fully saturated rings. The van der Waals surface area contributed by atoms with Crippen LogP contribution in [0.4, 0.5) is 0 Å². The Morgan fingerprint density at radius 3 is 2.53 bits per heavy atom. The molecule has 0 saturated carbocycles. The lowest BCUT2D eigenvalue weighted by molar-refractivity contribution is 0.372. The fourth-order valence-corrected chi connectivity index (χ4v) is 2.12. The van der Waals surface area contributed by atoms with Gasteiger partial charge in [-0.2, -0.15) is 5.10 Å². The maximum Gasteiger partial charge on any atom is 0.0709 e. The molecule has 2 N–H and O–H groups in total. The Balaban J connectivity index is 2.25. The summed E-state index contributed by atoms with van der Waals surface area (Å²) in [6.45, 7) is 4.19. The molecule has 0 spiro atoms. The first-order valence-electron chi connectivity index (χ1n) is 6.03. The number of nitrogens with zero attached hydrogens (tertiary/aromatic N) is 2. The van der Waals surface area contributed by atoms with E-state index in [1.165, 1.54) is 5.56 Å². The zero-order valence-corrected chi connectivity index (χ0v) is 10.4. The molecule has 3 nitrogen and oxygen atoms in total. The molecular formula is C14H19N3. The van der Waals surface area contributed by atoms with Gasteiger partial charge in [0.1, 0.15) is 0 Å². The average molecular weight is 229 g/mol. The van der Waals surface area contributed by atoms with E-state index in [1.807, 2.05) is 36.0 Å². The molecule has 0 radical (unpaired) electrons. The van der Waals surface area contributed by atoms with Crippen LogP contribution >= 0.6 is 0 Å². The van der Waals surface area contributed by atoms with E-state index in [0.717, 1.165) is 12.0 Å². The van der Waals surface area contributed by atoms with E-state index in [4.69, 9.17) is 5.73 Å². The van der Waals surface area contributed by atoms with Crippen molar-refractivity contribution in [3.63, 3.8) is 0 Å². The summed E-state index contributed by atoms with van der Waals surface area (Å²) in [4.78, 5) is 0. The fourth-order valence-electron chi connectivity index (χ4n) is 2.12. The lowest BCUT2D eigenvalue weighted by atomic mass is 9.98. The maximum atomic E-state index is 6.33. The lowest BCUT2D eigenvalue weighted by Crippen LogP contribution is -2.24. The van der Waals surface area contributed by atoms with Crippen LogP contribution in [0.2, 0.25) is 0 Å². The third-order valence-corrected chi connectivity index (χ3v) is 3.09. The number of nitrogens with two attached hydrogens (primary N) is 1. The van der Waals surface area contributed by atoms with Gasteiger partial charge < -0.3 is 5.73 Å². The molecule has 0 saturated heterocycles. The van der Waals surface area contributed by atoms with Crippen LogP contribution in [0.5, 0.6) is 0 Å². The van der Waals surface area contributed by atoms with E-state index in [9.17, 15) is 0 Å². The standard InChI is InChI=1S/C14H19N3/c1-3-13(17-10-11(2)9-16-17)14(15)12-7-5-4-6-8-12/h4-10,13-14H,3,15H2,1-2H3. The highest BCUT2D eigenvalue weighted by molar-refractivity contribution is 5.20. The maximum absolute atomic E-state index is 6.33. The van der Waals surface area contributed by atoms with Gasteiger partial charge in [0.25, 0.3) is 0 Å². The van der Waals surface area contributed by atoms with Gasteiger partial charge in [0.05, 0.1) is 18.3 Å². The molecule has 0 aliphatic heterocycles. The van der Waals surface area contributed by atoms with Crippen LogP contribution in [-0.4, -0.2) is 9.78 Å². The Hall–Kier alpha value is -1.61. The molecule has 0 aliphatic rings. The van der Waals surface area contributed by atoms with Crippen LogP contribution in [-0.2, 0) is 0 Å². The van der Waals surface area contributed by atoms with Crippen molar-refractivity contribution < 1.29 is 0 Å². The zero-order chi connectivity index (χ0) is 12.3. The van der Waals surface area contributed by atoms with Crippen molar-refractivity contribution in [1.29, 1.82) is 0 Å². The second-order valence-electron chi connectivity index (χ2n) is 4.41. The summed E-state index contributed by atoms with van der Waals surface area (Å²) in [5.41, 5.74) is 8.66. The van der Waals surface area contributed by atoms with Crippen LogP contribution in [0.25, 0.3) is 0 Å². The van der Waals surface area contributed by atoms with E-state index >= 15 is 0 Å². The van der Waals surface area contributed by atoms with Gasteiger partial charge in [0.15, 0.2) is 0 Å². The highest BCUT2D eigenvalue weighted by atomic mass is 15.3. The quantitative estimate of drug-likeness (QED) is 0.876. The summed E-state index contributed by atoms with van der Waals surface area (Å²) in [7, 11) is 0. The predicted octanol–water partition coefficient (Wildman–Crippen LogP) is 2.84. The van der Waals surface area contributed by atoms with Crippen LogP contribution < -0.4 is 5.73 Å². The second-order valence-corrected chi connectivity index (χ2v) is 4.41. The van der Waals surface area contributed by atoms with Gasteiger partial charge in [0.2, 0.25) is 0 Å². The fraction of sp³-hybridized carbons (Fsp3) is 0.357. The minimum absolute atomic E-state index is 0.0134. The second kappa shape index (κ2) is 5.15. The Morgan fingerprint density at radius 2 is 2.00 bits per heavy atom. The SMILES string of the molecule is CCC(C(N)c1ccccc1)n1cc(C)cn1. The van der Waals surface area contributed by atoms with Crippen molar-refractivity contribution in [2.45, 2.75) is 32.4 Å². The molecule has 17 heavy (non-hydrogen) atoms. The minimum atomic E-state index is -0.0134. The third kappa shape index (κ3) is 2.56. The van der Waals surface area contributed by atoms with Crippen molar-refractivity contribution in [3.8, 4) is 0 Å². The molecule has 2 atom stereocenters. The molecule has 3 heteroatoms. The van der Waals surface area contributed by atoms with Crippen molar-refractivity contribution in [1.82, 2.24) is 9.78 Å². The number of aromatic nitrogens is 2. The molecule has 1 heterocycles. The van der Waals surface area contributed by atoms with E-state index in [-0.39, 0.29) is 12.1 Å². The molecule has 1 aromatic heterocycles. The van der Waals surface area contributed by atoms with Gasteiger partial charge in [-0.15, -0.1) is 0 Å². The first-order chi connectivity index (χ1) is 8.22. The van der Waals surface area contributed by atoms with Gasteiger partial charge in [-0.05, 0) is 24.5 Å². The normalized spacial score (nSPS) is 14.5. The number of aryl methyl sites for hydroxylation is 1. The highest BCUT2D eigenvalue weighted by Crippen LogP contribution is 2.26. The van der Waals surface area contributed by atoms with Crippen LogP contribution in [0.3, 0.4) is 0 Å². The van der Waals surface area contributed by atoms with Gasteiger partial charge in [-0.1, -0.05) is 37.3 Å². The molecule has 2 unspecified atom stereocenters. The highest BCUT2D eigenvalue weighted by Gasteiger charge is 2.19. The average Bonchev–Trinajstić information content (AvgIpc) is 2.78. The topological polar surface area (TPSA) is 43.8 Å². The summed E-state index contributed by atoms with van der Waals surface area (Å²) in [5.74, 6) is 0. The molecule has 2 rings (SSSR count). The number of benzene rings is 1. The minimum Gasteiger partial charge on any atom is -0.322 e. The Morgan fingerprint density at radius 1 is 1.29 bits per heavy atom. The molecular weight excluding hydrogens is 210 g/mol. The number of hydrogen-bond acceptors (Lipinski definition) is 2. The summed E-state index contributed by atoms with van der Waals surface area (Å²) in [6, 6.07) is 10.4. The summed E-state index contributed by atoms with van der Waals surface area (Å²) >= 11 is 0. The van der Waals surface area contributed by atoms with Crippen LogP contribution in [0, 0.1) is 6.92 Å². The van der Waals surface area contributed by atoms with E-state index in [2.05, 4.69) is 30.4 Å². The smallest absolute Gasteiger partial charge is 0.0709 e. The van der Waals surface area contributed by atoms with Crippen LogP contribution in [0.1, 0.15) is 36.6 Å². The Bertz CT molecular complexity index is 461. The number of hydrogen-bond donors (Lipinski definition) is 1. The summed E-state index contributed by atoms with van der Waals surface area (Å²) in [6.07, 6.45) is 4.90. The van der Waals surface area contributed by atoms with Gasteiger partial charge in [-0.3, -0.25) is 4.68 Å². The molecule has 0 bridgehead atoms. The molecule has 2 aromatic rings. The number of rotatable bonds is 4. The van der Waals surface area contributed by atoms with E-state index in [0.29, 0.717) is 0 Å². The third-order valence-electron chi connectivity index (χ3n) is 3.09. The molecule has 1 aromatic carbocycles. The van der Waals surface area contributed by atoms with Crippen molar-refractivity contribution in [3.05, 3.63) is 53.9 Å². The van der Waals surface area contributed by atoms with Crippen molar-refractivity contribution in [2.75, 3.05) is 0 Å². The first-order valence-corrected chi connectivity index (χ1v) is 6.03. The van der Waals surface area contributed by atoms with Gasteiger partial charge in [0, 0.05) is 6.20 Å². The van der Waals surface area contributed by atoms with Crippen LogP contribution in [0.15, 0.2) is 42.7 Å². The molecule has 0 amide bonds. The summed E-state index contributed by atoms with van der Waals surface area (Å²) < 4.78 is 1.98. The van der Waals surface area contributed by atoms with Gasteiger partial charge >= 0.3 is 0 Å². The van der Waals surface area contributed by atoms with E-state index in [1.54, 1.807) is 0 Å². The van der Waals surface area contributed by atoms with Crippen molar-refractivity contribution in [2.24, 2.45) is 5.73 Å². The largest absolute Gasteiger partial charge is 0.322 e. The molecule has 90 valence electrons. The lowest BCUT2D eigenvalue weighted by Gasteiger charge is -2.23. The predicted molar refractivity (Wildman–Crippen MR) is 69.7 cm³/mol.